The summed E-state index contributed by atoms with van der Waals surface area (Å²) >= 11 is 14.6. The van der Waals surface area contributed by atoms with Gasteiger partial charge in [0.15, 0.2) is 0 Å². The number of rotatable bonds is 5. The van der Waals surface area contributed by atoms with Crippen molar-refractivity contribution in [3.63, 3.8) is 0 Å². The maximum atomic E-state index is 8.21. The van der Waals surface area contributed by atoms with Crippen molar-refractivity contribution in [1.29, 1.82) is 0 Å². The van der Waals surface area contributed by atoms with E-state index >= 15 is 0 Å². The lowest BCUT2D eigenvalue weighted by Gasteiger charge is -2.01. The predicted octanol–water partition coefficient (Wildman–Crippen LogP) is 7.33. The third kappa shape index (κ3) is 10.9. The highest BCUT2D eigenvalue weighted by Crippen LogP contribution is 2.20. The fraction of sp³-hybridized carbons (Fsp3) is 0.0769. The Morgan fingerprint density at radius 3 is 1.83 bits per heavy atom. The van der Waals surface area contributed by atoms with Crippen LogP contribution in [0, 0.1) is 13.1 Å². The van der Waals surface area contributed by atoms with E-state index in [1.807, 2.05) is 60.7 Å². The largest absolute Gasteiger partial charge is 0.569 e. The quantitative estimate of drug-likeness (QED) is 0.152. The molecule has 179 valence electrons. The van der Waals surface area contributed by atoms with E-state index in [-0.39, 0.29) is 0 Å². The Kier molecular flexibility index (Phi) is 13.1. The molecule has 4 aromatic rings. The van der Waals surface area contributed by atoms with E-state index in [9.17, 15) is 0 Å². The van der Waals surface area contributed by atoms with Crippen LogP contribution in [-0.4, -0.2) is 22.7 Å². The molecule has 2 aromatic carbocycles. The molecule has 0 aliphatic carbocycles. The summed E-state index contributed by atoms with van der Waals surface area (Å²) in [5, 5.41) is 9.56. The Labute approximate surface area is 229 Å². The van der Waals surface area contributed by atoms with E-state index < -0.39 is 0 Å². The van der Waals surface area contributed by atoms with Gasteiger partial charge < -0.3 is 19.4 Å². The van der Waals surface area contributed by atoms with Gasteiger partial charge in [-0.15, -0.1) is 0 Å². The number of benzene rings is 2. The molecule has 1 radical (unpaired) electrons. The van der Waals surface area contributed by atoms with Crippen molar-refractivity contribution in [2.45, 2.75) is 13.1 Å². The minimum absolute atomic E-state index is 0.321. The molecule has 0 unspecified atom stereocenters. The van der Waals surface area contributed by atoms with Gasteiger partial charge in [-0.3, -0.25) is 0 Å². The average molecular weight is 581 g/mol. The highest BCUT2D eigenvalue weighted by Gasteiger charge is 2.02. The average Bonchev–Trinajstić information content (AvgIpc) is 2.88. The first-order valence-corrected chi connectivity index (χ1v) is 11.9. The summed E-state index contributed by atoms with van der Waals surface area (Å²) in [5.74, 6) is 0.562. The fourth-order valence-corrected chi connectivity index (χ4v) is 3.26. The van der Waals surface area contributed by atoms with Crippen LogP contribution in [0.15, 0.2) is 89.5 Å². The maximum Gasteiger partial charge on any atom is 0.569 e. The Hall–Kier alpha value is -3.40. The summed E-state index contributed by atoms with van der Waals surface area (Å²) in [6.45, 7) is 14.1. The summed E-state index contributed by atoms with van der Waals surface area (Å²) in [6.07, 6.45) is 0. The zero-order valence-electron chi connectivity index (χ0n) is 18.9. The van der Waals surface area contributed by atoms with Crippen molar-refractivity contribution in [1.82, 2.24) is 9.97 Å². The standard InChI is InChI=1S/C13H9ClN2.C7H5BrN2.C6H5BClO2/c1-15-9-12-3-2-4-13(16-12)10-5-7-11(14)8-6-10;1-9-5-6-3-2-4-7(8)10-6;8-5-1-3-6(4-2-5)10-7-9/h2-8H,9H2;2-4H,5H2;1-4,9H. The molecule has 0 atom stereocenters. The van der Waals surface area contributed by atoms with E-state index in [2.05, 4.69) is 40.2 Å². The van der Waals surface area contributed by atoms with Crippen LogP contribution in [0.5, 0.6) is 5.75 Å². The summed E-state index contributed by atoms with van der Waals surface area (Å²) < 4.78 is 5.42. The van der Waals surface area contributed by atoms with Crippen molar-refractivity contribution in [3.8, 4) is 17.0 Å². The van der Waals surface area contributed by atoms with Crippen molar-refractivity contribution >= 4 is 46.8 Å². The van der Waals surface area contributed by atoms with Crippen LogP contribution in [-0.2, 0) is 13.1 Å². The minimum Gasteiger partial charge on any atom is -0.537 e. The molecule has 0 amide bonds. The lowest BCUT2D eigenvalue weighted by molar-refractivity contribution is 0.454. The lowest BCUT2D eigenvalue weighted by atomic mass is 10.1. The first kappa shape index (κ1) is 28.8. The Balaban J connectivity index is 0.000000200. The molecule has 0 spiro atoms. The number of halogens is 3. The molecular formula is C26H19BBrCl2N4O2. The van der Waals surface area contributed by atoms with Crippen molar-refractivity contribution in [2.24, 2.45) is 0 Å². The van der Waals surface area contributed by atoms with Crippen molar-refractivity contribution in [3.05, 3.63) is 134 Å². The molecule has 2 aromatic heterocycles. The van der Waals surface area contributed by atoms with Crippen LogP contribution in [0.2, 0.25) is 10.0 Å². The smallest absolute Gasteiger partial charge is 0.537 e. The summed E-state index contributed by atoms with van der Waals surface area (Å²) in [5.41, 5.74) is 3.49. The molecule has 1 N–H and O–H groups in total. The monoisotopic (exact) mass is 579 g/mol. The van der Waals surface area contributed by atoms with Crippen LogP contribution in [0.1, 0.15) is 11.4 Å². The Morgan fingerprint density at radius 2 is 1.31 bits per heavy atom. The molecule has 6 nitrogen and oxygen atoms in total. The molecule has 10 heteroatoms. The number of nitrogens with zero attached hydrogens (tertiary/aromatic N) is 4. The molecule has 2 heterocycles. The number of aromatic nitrogens is 2. The third-order valence-electron chi connectivity index (χ3n) is 4.20. The van der Waals surface area contributed by atoms with E-state index in [0.29, 0.717) is 36.6 Å². The van der Waals surface area contributed by atoms with Gasteiger partial charge in [0.05, 0.1) is 5.69 Å². The molecule has 0 fully saturated rings. The topological polar surface area (TPSA) is 64.0 Å². The van der Waals surface area contributed by atoms with Gasteiger partial charge in [-0.1, -0.05) is 47.5 Å². The molecule has 36 heavy (non-hydrogen) atoms. The zero-order valence-corrected chi connectivity index (χ0v) is 22.0. The number of hydrogen-bond donors (Lipinski definition) is 1. The molecule has 4 rings (SSSR count). The molecule has 0 aliphatic heterocycles. The first-order valence-electron chi connectivity index (χ1n) is 10.3. The van der Waals surface area contributed by atoms with Gasteiger partial charge in [0.2, 0.25) is 0 Å². The lowest BCUT2D eigenvalue weighted by Crippen LogP contribution is -1.98. The number of hydrogen-bond acceptors (Lipinski definition) is 4. The van der Waals surface area contributed by atoms with Gasteiger partial charge in [0.25, 0.3) is 13.1 Å². The molecule has 0 aliphatic rings. The van der Waals surface area contributed by atoms with E-state index in [1.165, 1.54) is 0 Å². The van der Waals surface area contributed by atoms with Crippen LogP contribution in [0.4, 0.5) is 0 Å². The fourth-order valence-electron chi connectivity index (χ4n) is 2.62. The highest BCUT2D eigenvalue weighted by atomic mass is 79.9. The van der Waals surface area contributed by atoms with Gasteiger partial charge in [-0.2, -0.15) is 0 Å². The second kappa shape index (κ2) is 16.3. The molecule has 0 saturated heterocycles. The molecule has 0 saturated carbocycles. The zero-order chi connectivity index (χ0) is 26.2. The summed E-state index contributed by atoms with van der Waals surface area (Å²) in [4.78, 5) is 15.0. The second-order valence-corrected chi connectivity index (χ2v) is 8.47. The van der Waals surface area contributed by atoms with E-state index in [4.69, 9.17) is 41.4 Å². The van der Waals surface area contributed by atoms with Gasteiger partial charge >= 0.3 is 7.69 Å². The minimum atomic E-state index is 0.321. The second-order valence-electron chi connectivity index (χ2n) is 6.78. The van der Waals surface area contributed by atoms with Gasteiger partial charge in [-0.05, 0) is 76.6 Å². The molecular weight excluding hydrogens is 562 g/mol. The summed E-state index contributed by atoms with van der Waals surface area (Å²) in [6, 6.07) is 25.4. The SMILES string of the molecule is O[B]Oc1ccc(Cl)cc1.[C-]#[N+]Cc1cccc(-c2ccc(Cl)cc2)n1.[C-]#[N+]Cc1cccc(Br)n1. The van der Waals surface area contributed by atoms with Crippen molar-refractivity contribution < 1.29 is 9.68 Å². The predicted molar refractivity (Wildman–Crippen MR) is 147 cm³/mol. The highest BCUT2D eigenvalue weighted by molar-refractivity contribution is 9.10. The van der Waals surface area contributed by atoms with Crippen LogP contribution in [0.25, 0.3) is 20.9 Å². The Bertz CT molecular complexity index is 1310. The van der Waals surface area contributed by atoms with Gasteiger partial charge in [0, 0.05) is 15.6 Å². The third-order valence-corrected chi connectivity index (χ3v) is 5.15. The number of pyridine rings is 2. The van der Waals surface area contributed by atoms with Crippen LogP contribution in [0.3, 0.4) is 0 Å². The van der Waals surface area contributed by atoms with Gasteiger partial charge in [-0.25, -0.2) is 23.1 Å². The molecule has 0 bridgehead atoms. The van der Waals surface area contributed by atoms with Crippen LogP contribution >= 0.6 is 39.1 Å². The Morgan fingerprint density at radius 1 is 0.778 bits per heavy atom. The van der Waals surface area contributed by atoms with Crippen LogP contribution < -0.4 is 4.65 Å². The van der Waals surface area contributed by atoms with E-state index in [1.54, 1.807) is 24.3 Å². The van der Waals surface area contributed by atoms with Gasteiger partial charge in [0.1, 0.15) is 21.7 Å². The maximum absolute atomic E-state index is 8.21. The summed E-state index contributed by atoms with van der Waals surface area (Å²) in [7, 11) is 0.628. The first-order chi connectivity index (χ1) is 17.4. The van der Waals surface area contributed by atoms with E-state index in [0.717, 1.165) is 27.2 Å². The normalized spacial score (nSPS) is 9.28. The van der Waals surface area contributed by atoms with Crippen molar-refractivity contribution in [2.75, 3.05) is 0 Å².